The second kappa shape index (κ2) is 8.18. The number of carbonyl (C=O) groups is 1. The SMILES string of the molecule is CCSc1n[n+]2c(c(=O)[nH]1)-c1cc(Br)ccc1N(C(C)=O)[C@@H]2c1cccc2ccccc12. The number of nitrogens with zero attached hydrogens (tertiary/aromatic N) is 3. The third kappa shape index (κ3) is 3.34. The molecule has 1 atom stereocenters. The van der Waals surface area contributed by atoms with Crippen LogP contribution in [0, 0.1) is 0 Å². The quantitative estimate of drug-likeness (QED) is 0.323. The summed E-state index contributed by atoms with van der Waals surface area (Å²) in [4.78, 5) is 31.0. The van der Waals surface area contributed by atoms with Crippen molar-refractivity contribution in [3.8, 4) is 11.3 Å². The van der Waals surface area contributed by atoms with Crippen LogP contribution >= 0.6 is 27.7 Å². The Morgan fingerprint density at radius 3 is 2.75 bits per heavy atom. The molecular formula is C24H20BrN4O2S+. The van der Waals surface area contributed by atoms with Crippen LogP contribution < -0.4 is 15.1 Å². The third-order valence-electron chi connectivity index (χ3n) is 5.53. The smallest absolute Gasteiger partial charge is 0.291 e. The Hall–Kier alpha value is -2.97. The van der Waals surface area contributed by atoms with E-state index in [1.807, 2.05) is 67.6 Å². The molecule has 2 heterocycles. The summed E-state index contributed by atoms with van der Waals surface area (Å²) in [5, 5.41) is 7.40. The second-order valence-electron chi connectivity index (χ2n) is 7.48. The Balaban J connectivity index is 1.90. The molecule has 8 heteroatoms. The van der Waals surface area contributed by atoms with Crippen molar-refractivity contribution in [2.45, 2.75) is 25.2 Å². The lowest BCUT2D eigenvalue weighted by Crippen LogP contribution is -2.60. The van der Waals surface area contributed by atoms with Gasteiger partial charge in [0.25, 0.3) is 6.17 Å². The minimum atomic E-state index is -0.596. The highest BCUT2D eigenvalue weighted by Gasteiger charge is 2.45. The number of amides is 1. The van der Waals surface area contributed by atoms with Crippen LogP contribution in [0.1, 0.15) is 25.6 Å². The van der Waals surface area contributed by atoms with Crippen LogP contribution in [0.15, 0.2) is 75.1 Å². The average molecular weight is 508 g/mol. The summed E-state index contributed by atoms with van der Waals surface area (Å²) in [6.07, 6.45) is -0.596. The molecule has 4 aromatic rings. The number of halogens is 1. The minimum Gasteiger partial charge on any atom is -0.291 e. The van der Waals surface area contributed by atoms with Crippen molar-refractivity contribution in [2.24, 2.45) is 0 Å². The van der Waals surface area contributed by atoms with Crippen LogP contribution in [-0.2, 0) is 4.79 Å². The molecular weight excluding hydrogens is 488 g/mol. The topological polar surface area (TPSA) is 69.9 Å². The number of benzene rings is 3. The molecule has 6 nitrogen and oxygen atoms in total. The van der Waals surface area contributed by atoms with Gasteiger partial charge in [-0.2, -0.15) is 0 Å². The first-order valence-corrected chi connectivity index (χ1v) is 12.0. The van der Waals surface area contributed by atoms with E-state index in [2.05, 4.69) is 20.9 Å². The summed E-state index contributed by atoms with van der Waals surface area (Å²) in [5.41, 5.74) is 2.44. The van der Waals surface area contributed by atoms with Crippen molar-refractivity contribution >= 4 is 50.1 Å². The van der Waals surface area contributed by atoms with Gasteiger partial charge in [-0.15, -0.1) is 0 Å². The van der Waals surface area contributed by atoms with E-state index in [4.69, 9.17) is 5.10 Å². The number of nitrogens with one attached hydrogen (secondary N) is 1. The Bertz CT molecular complexity index is 1430. The Kier molecular flexibility index (Phi) is 5.35. The van der Waals surface area contributed by atoms with E-state index >= 15 is 0 Å². The standard InChI is InChI=1S/C24H19BrN4O2S/c1-3-32-24-26-22(31)21-19-13-16(25)11-12-20(19)28(14(2)30)23(29(21)27-24)18-10-6-8-15-7-4-5-9-17(15)18/h4-13,23H,3H2,1-2H3/p+1/t23-/m0/s1. The molecule has 0 unspecified atom stereocenters. The lowest BCUT2D eigenvalue weighted by Gasteiger charge is -2.32. The molecule has 1 aliphatic heterocycles. The van der Waals surface area contributed by atoms with Crippen molar-refractivity contribution in [1.29, 1.82) is 0 Å². The van der Waals surface area contributed by atoms with Crippen LogP contribution in [0.4, 0.5) is 5.69 Å². The number of thioether (sulfide) groups is 1. The molecule has 5 rings (SSSR count). The molecule has 0 bridgehead atoms. The first-order chi connectivity index (χ1) is 15.5. The molecule has 0 radical (unpaired) electrons. The normalized spacial score (nSPS) is 14.8. The number of hydrogen-bond donors (Lipinski definition) is 1. The van der Waals surface area contributed by atoms with Crippen LogP contribution in [0.25, 0.3) is 22.0 Å². The number of hydrogen-bond acceptors (Lipinski definition) is 4. The number of anilines is 1. The second-order valence-corrected chi connectivity index (χ2v) is 9.65. The first kappa shape index (κ1) is 20.9. The molecule has 1 amide bonds. The van der Waals surface area contributed by atoms with Gasteiger partial charge in [0.05, 0.1) is 16.8 Å². The van der Waals surface area contributed by atoms with Gasteiger partial charge in [-0.3, -0.25) is 14.6 Å². The summed E-state index contributed by atoms with van der Waals surface area (Å²) in [6, 6.07) is 19.7. The van der Waals surface area contributed by atoms with Crippen molar-refractivity contribution < 1.29 is 9.48 Å². The molecule has 0 saturated carbocycles. The summed E-state index contributed by atoms with van der Waals surface area (Å²) in [5.74, 6) is 0.635. The van der Waals surface area contributed by atoms with Crippen molar-refractivity contribution in [1.82, 2.24) is 10.1 Å². The van der Waals surface area contributed by atoms with Gasteiger partial charge in [-0.05, 0) is 45.5 Å². The van der Waals surface area contributed by atoms with E-state index in [-0.39, 0.29) is 11.5 Å². The molecule has 32 heavy (non-hydrogen) atoms. The predicted octanol–water partition coefficient (Wildman–Crippen LogP) is 4.67. The summed E-state index contributed by atoms with van der Waals surface area (Å²) in [7, 11) is 0. The van der Waals surface area contributed by atoms with Gasteiger partial charge in [0.1, 0.15) is 0 Å². The van der Waals surface area contributed by atoms with Gasteiger partial charge < -0.3 is 0 Å². The average Bonchev–Trinajstić information content (AvgIpc) is 2.77. The van der Waals surface area contributed by atoms with E-state index in [1.165, 1.54) is 11.8 Å². The first-order valence-electron chi connectivity index (χ1n) is 10.3. The minimum absolute atomic E-state index is 0.128. The van der Waals surface area contributed by atoms with Crippen molar-refractivity contribution in [2.75, 3.05) is 10.7 Å². The predicted molar refractivity (Wildman–Crippen MR) is 130 cm³/mol. The van der Waals surface area contributed by atoms with Gasteiger partial charge in [0, 0.05) is 16.5 Å². The molecule has 3 aromatic carbocycles. The molecule has 0 aliphatic carbocycles. The maximum absolute atomic E-state index is 13.3. The summed E-state index contributed by atoms with van der Waals surface area (Å²) >= 11 is 4.96. The van der Waals surface area contributed by atoms with Gasteiger partial charge in [0.15, 0.2) is 0 Å². The van der Waals surface area contributed by atoms with Crippen LogP contribution in [0.5, 0.6) is 0 Å². The number of H-pyrrole nitrogens is 1. The molecule has 1 aliphatic rings. The summed E-state index contributed by atoms with van der Waals surface area (Å²) < 4.78 is 2.52. The Morgan fingerprint density at radius 2 is 1.97 bits per heavy atom. The largest absolute Gasteiger partial charge is 0.325 e. The van der Waals surface area contributed by atoms with E-state index in [0.29, 0.717) is 22.1 Å². The zero-order valence-electron chi connectivity index (χ0n) is 17.5. The number of aromatic nitrogens is 3. The van der Waals surface area contributed by atoms with E-state index in [1.54, 1.807) is 16.5 Å². The molecule has 1 N–H and O–H groups in total. The van der Waals surface area contributed by atoms with E-state index < -0.39 is 6.17 Å². The molecule has 0 fully saturated rings. The highest BCUT2D eigenvalue weighted by molar-refractivity contribution is 9.10. The van der Waals surface area contributed by atoms with Crippen molar-refractivity contribution in [3.63, 3.8) is 0 Å². The number of aromatic amines is 1. The third-order valence-corrected chi connectivity index (χ3v) is 6.77. The van der Waals surface area contributed by atoms with E-state index in [9.17, 15) is 9.59 Å². The number of rotatable bonds is 3. The molecule has 160 valence electrons. The highest BCUT2D eigenvalue weighted by atomic mass is 79.9. The molecule has 0 saturated heterocycles. The lowest BCUT2D eigenvalue weighted by molar-refractivity contribution is -0.762. The maximum Gasteiger partial charge on any atom is 0.325 e. The zero-order chi connectivity index (χ0) is 22.4. The van der Waals surface area contributed by atoms with E-state index in [0.717, 1.165) is 26.6 Å². The molecule has 1 aromatic heterocycles. The Labute approximate surface area is 197 Å². The number of carbonyl (C=O) groups excluding carboxylic acids is 1. The summed E-state index contributed by atoms with van der Waals surface area (Å²) in [6.45, 7) is 3.55. The fraction of sp³-hybridized carbons (Fsp3) is 0.167. The monoisotopic (exact) mass is 507 g/mol. The fourth-order valence-corrected chi connectivity index (χ4v) is 5.24. The maximum atomic E-state index is 13.3. The van der Waals surface area contributed by atoms with Crippen LogP contribution in [0.2, 0.25) is 0 Å². The van der Waals surface area contributed by atoms with Gasteiger partial charge in [0.2, 0.25) is 11.1 Å². The fourth-order valence-electron chi connectivity index (χ4n) is 4.29. The van der Waals surface area contributed by atoms with Crippen LogP contribution in [0.3, 0.4) is 0 Å². The zero-order valence-corrected chi connectivity index (χ0v) is 19.9. The van der Waals surface area contributed by atoms with Gasteiger partial charge in [-0.25, -0.2) is 4.90 Å². The van der Waals surface area contributed by atoms with Gasteiger partial charge >= 0.3 is 11.3 Å². The van der Waals surface area contributed by atoms with Gasteiger partial charge in [-0.1, -0.05) is 71.0 Å². The Morgan fingerprint density at radius 1 is 1.19 bits per heavy atom. The highest BCUT2D eigenvalue weighted by Crippen LogP contribution is 2.40. The number of fused-ring (bicyclic) bond motifs is 4. The lowest BCUT2D eigenvalue weighted by atomic mass is 9.97. The molecule has 0 spiro atoms. The van der Waals surface area contributed by atoms with Crippen molar-refractivity contribution in [3.05, 3.63) is 81.1 Å². The van der Waals surface area contributed by atoms with Crippen LogP contribution in [-0.4, -0.2) is 21.7 Å².